The molecule has 0 amide bonds. The van der Waals surface area contributed by atoms with Crippen LogP contribution in [-0.4, -0.2) is 29.7 Å². The van der Waals surface area contributed by atoms with Crippen LogP contribution in [0.3, 0.4) is 0 Å². The largest absolute Gasteiger partial charge is 0.493 e. The molecule has 0 aromatic heterocycles. The van der Waals surface area contributed by atoms with E-state index in [-0.39, 0.29) is 10.6 Å². The van der Waals surface area contributed by atoms with E-state index in [0.29, 0.717) is 27.8 Å². The van der Waals surface area contributed by atoms with Gasteiger partial charge in [0.25, 0.3) is 10.0 Å². The van der Waals surface area contributed by atoms with Crippen molar-refractivity contribution in [1.82, 2.24) is 0 Å². The fourth-order valence-corrected chi connectivity index (χ4v) is 3.38. The van der Waals surface area contributed by atoms with Crippen LogP contribution in [0.25, 0.3) is 0 Å². The fourth-order valence-electron chi connectivity index (χ4n) is 2.14. The van der Waals surface area contributed by atoms with Crippen molar-refractivity contribution in [3.05, 3.63) is 40.9 Å². The number of ether oxygens (including phenoxy) is 3. The van der Waals surface area contributed by atoms with Crippen molar-refractivity contribution in [2.24, 2.45) is 0 Å². The summed E-state index contributed by atoms with van der Waals surface area (Å²) in [5, 5.41) is 0.502. The number of anilines is 1. The van der Waals surface area contributed by atoms with Crippen LogP contribution < -0.4 is 18.9 Å². The van der Waals surface area contributed by atoms with Crippen molar-refractivity contribution in [3.8, 4) is 17.2 Å². The third kappa shape index (κ3) is 3.68. The van der Waals surface area contributed by atoms with Crippen LogP contribution in [-0.2, 0) is 10.0 Å². The molecule has 1 N–H and O–H groups in total. The average Bonchev–Trinajstić information content (AvgIpc) is 2.55. The highest BCUT2D eigenvalue weighted by Crippen LogP contribution is 2.40. The van der Waals surface area contributed by atoms with Crippen LogP contribution in [0.4, 0.5) is 5.69 Å². The zero-order valence-corrected chi connectivity index (χ0v) is 15.3. The van der Waals surface area contributed by atoms with Gasteiger partial charge in [0.2, 0.25) is 5.75 Å². The Morgan fingerprint density at radius 1 is 0.958 bits per heavy atom. The number of benzene rings is 2. The zero-order valence-electron chi connectivity index (χ0n) is 13.7. The van der Waals surface area contributed by atoms with E-state index >= 15 is 0 Å². The van der Waals surface area contributed by atoms with Crippen LogP contribution in [0.2, 0.25) is 5.02 Å². The third-order valence-corrected chi connectivity index (χ3v) is 5.16. The Morgan fingerprint density at radius 3 is 2.00 bits per heavy atom. The van der Waals surface area contributed by atoms with Gasteiger partial charge in [-0.3, -0.25) is 4.72 Å². The molecule has 24 heavy (non-hydrogen) atoms. The predicted molar refractivity (Wildman–Crippen MR) is 93.1 cm³/mol. The summed E-state index contributed by atoms with van der Waals surface area (Å²) in [6, 6.07) is 7.52. The second-order valence-corrected chi connectivity index (χ2v) is 7.02. The van der Waals surface area contributed by atoms with E-state index in [4.69, 9.17) is 25.8 Å². The molecule has 0 unspecified atom stereocenters. The molecule has 130 valence electrons. The second-order valence-electron chi connectivity index (χ2n) is 4.93. The molecule has 2 aromatic carbocycles. The first-order chi connectivity index (χ1) is 11.3. The van der Waals surface area contributed by atoms with Crippen molar-refractivity contribution in [1.29, 1.82) is 0 Å². The lowest BCUT2D eigenvalue weighted by atomic mass is 10.2. The molecule has 2 rings (SSSR count). The van der Waals surface area contributed by atoms with Crippen molar-refractivity contribution >= 4 is 27.3 Å². The summed E-state index contributed by atoms with van der Waals surface area (Å²) in [4.78, 5) is 0.109. The van der Waals surface area contributed by atoms with Crippen molar-refractivity contribution in [2.45, 2.75) is 11.8 Å². The van der Waals surface area contributed by atoms with Crippen molar-refractivity contribution in [3.63, 3.8) is 0 Å². The topological polar surface area (TPSA) is 73.9 Å². The Morgan fingerprint density at radius 2 is 1.54 bits per heavy atom. The number of methoxy groups -OCH3 is 3. The molecular weight excluding hydrogens is 354 g/mol. The Hall–Kier alpha value is -2.12. The van der Waals surface area contributed by atoms with Crippen LogP contribution in [0, 0.1) is 6.92 Å². The third-order valence-electron chi connectivity index (χ3n) is 3.36. The molecule has 0 radical (unpaired) electrons. The quantitative estimate of drug-likeness (QED) is 0.841. The van der Waals surface area contributed by atoms with Gasteiger partial charge in [-0.05, 0) is 30.7 Å². The van der Waals surface area contributed by atoms with E-state index in [1.54, 1.807) is 13.0 Å². The van der Waals surface area contributed by atoms with E-state index < -0.39 is 10.0 Å². The number of aryl methyl sites for hydroxylation is 1. The Balaban J connectivity index is 2.44. The maximum absolute atomic E-state index is 12.6. The predicted octanol–water partition coefficient (Wildman–Crippen LogP) is 3.48. The number of halogens is 1. The molecule has 0 heterocycles. The number of rotatable bonds is 6. The maximum atomic E-state index is 12.6. The van der Waals surface area contributed by atoms with E-state index in [1.165, 1.54) is 45.6 Å². The molecule has 0 atom stereocenters. The SMILES string of the molecule is COc1cc(NS(=O)(=O)c2ccc(Cl)c(C)c2)cc(OC)c1OC. The average molecular weight is 372 g/mol. The summed E-state index contributed by atoms with van der Waals surface area (Å²) in [5.41, 5.74) is 0.960. The van der Waals surface area contributed by atoms with Gasteiger partial charge in [-0.2, -0.15) is 0 Å². The highest BCUT2D eigenvalue weighted by molar-refractivity contribution is 7.92. The Bertz CT molecular complexity index is 827. The summed E-state index contributed by atoms with van der Waals surface area (Å²) in [6.45, 7) is 1.74. The zero-order chi connectivity index (χ0) is 17.9. The molecule has 0 fully saturated rings. The standard InChI is InChI=1S/C16H18ClNO5S/c1-10-7-12(5-6-13(10)17)24(19,20)18-11-8-14(21-2)16(23-4)15(9-11)22-3/h5-9,18H,1-4H3. The number of sulfonamides is 1. The fraction of sp³-hybridized carbons (Fsp3) is 0.250. The first-order valence-corrected chi connectivity index (χ1v) is 8.77. The molecule has 0 spiro atoms. The lowest BCUT2D eigenvalue weighted by Crippen LogP contribution is -2.13. The van der Waals surface area contributed by atoms with Gasteiger partial charge in [-0.25, -0.2) is 8.42 Å². The second kappa shape index (κ2) is 7.19. The molecule has 0 aliphatic carbocycles. The first kappa shape index (κ1) is 18.2. The minimum atomic E-state index is -3.78. The molecule has 8 heteroatoms. The molecule has 0 aliphatic heterocycles. The highest BCUT2D eigenvalue weighted by Gasteiger charge is 2.19. The molecule has 2 aromatic rings. The lowest BCUT2D eigenvalue weighted by Gasteiger charge is -2.15. The molecule has 0 bridgehead atoms. The summed E-state index contributed by atoms with van der Waals surface area (Å²) in [6.07, 6.45) is 0. The van der Waals surface area contributed by atoms with Gasteiger partial charge < -0.3 is 14.2 Å². The number of nitrogens with one attached hydrogen (secondary N) is 1. The van der Waals surface area contributed by atoms with Gasteiger partial charge in [0.15, 0.2) is 11.5 Å². The van der Waals surface area contributed by atoms with E-state index in [2.05, 4.69) is 4.72 Å². The normalized spacial score (nSPS) is 11.0. The summed E-state index contributed by atoms with van der Waals surface area (Å²) in [5.74, 6) is 1.08. The van der Waals surface area contributed by atoms with Crippen molar-refractivity contribution < 1.29 is 22.6 Å². The summed E-state index contributed by atoms with van der Waals surface area (Å²) in [7, 11) is 0.603. The van der Waals surface area contributed by atoms with Gasteiger partial charge in [0, 0.05) is 17.2 Å². The highest BCUT2D eigenvalue weighted by atomic mass is 35.5. The number of hydrogen-bond acceptors (Lipinski definition) is 5. The molecule has 0 saturated heterocycles. The molecule has 0 saturated carbocycles. The summed E-state index contributed by atoms with van der Waals surface area (Å²) >= 11 is 5.94. The van der Waals surface area contributed by atoms with Gasteiger partial charge in [0.1, 0.15) is 0 Å². The van der Waals surface area contributed by atoms with Crippen molar-refractivity contribution in [2.75, 3.05) is 26.1 Å². The van der Waals surface area contributed by atoms with Gasteiger partial charge in [-0.1, -0.05) is 11.6 Å². The van der Waals surface area contributed by atoms with Gasteiger partial charge >= 0.3 is 0 Å². The molecular formula is C16H18ClNO5S. The van der Waals surface area contributed by atoms with Crippen LogP contribution in [0.5, 0.6) is 17.2 Å². The lowest BCUT2D eigenvalue weighted by molar-refractivity contribution is 0.325. The van der Waals surface area contributed by atoms with Gasteiger partial charge in [0.05, 0.1) is 31.9 Å². The molecule has 0 aliphatic rings. The Kier molecular flexibility index (Phi) is 5.46. The maximum Gasteiger partial charge on any atom is 0.261 e. The van der Waals surface area contributed by atoms with Crippen LogP contribution in [0.15, 0.2) is 35.2 Å². The van der Waals surface area contributed by atoms with E-state index in [0.717, 1.165) is 0 Å². The van der Waals surface area contributed by atoms with E-state index in [9.17, 15) is 8.42 Å². The summed E-state index contributed by atoms with van der Waals surface area (Å²) < 4.78 is 43.2. The number of hydrogen-bond donors (Lipinski definition) is 1. The van der Waals surface area contributed by atoms with Gasteiger partial charge in [-0.15, -0.1) is 0 Å². The minimum Gasteiger partial charge on any atom is -0.493 e. The monoisotopic (exact) mass is 371 g/mol. The minimum absolute atomic E-state index is 0.109. The van der Waals surface area contributed by atoms with Crippen LogP contribution >= 0.6 is 11.6 Å². The van der Waals surface area contributed by atoms with E-state index in [1.807, 2.05) is 0 Å². The smallest absolute Gasteiger partial charge is 0.261 e. The van der Waals surface area contributed by atoms with Crippen LogP contribution in [0.1, 0.15) is 5.56 Å². The molecule has 6 nitrogen and oxygen atoms in total. The Labute approximate surface area is 146 Å². The first-order valence-electron chi connectivity index (χ1n) is 6.91.